The molecule has 1 aromatic carbocycles. The van der Waals surface area contributed by atoms with Crippen LogP contribution in [0.3, 0.4) is 0 Å². The van der Waals surface area contributed by atoms with Crippen molar-refractivity contribution in [2.75, 3.05) is 11.9 Å². The average Bonchev–Trinajstić information content (AvgIpc) is 2.31. The summed E-state index contributed by atoms with van der Waals surface area (Å²) in [5.41, 5.74) is 6.23. The number of carbonyl (C=O) groups is 3. The summed E-state index contributed by atoms with van der Waals surface area (Å²) >= 11 is 0. The molecule has 3 N–H and O–H groups in total. The predicted octanol–water partition coefficient (Wildman–Crippen LogP) is 0.216. The molecule has 0 saturated heterocycles. The van der Waals surface area contributed by atoms with Crippen molar-refractivity contribution in [3.8, 4) is 0 Å². The molecule has 0 atom stereocenters. The molecule has 0 bridgehead atoms. The third kappa shape index (κ3) is 4.25. The molecule has 1 rings (SSSR count). The van der Waals surface area contributed by atoms with Crippen molar-refractivity contribution in [2.45, 2.75) is 13.3 Å². The zero-order valence-corrected chi connectivity index (χ0v) is 9.93. The summed E-state index contributed by atoms with van der Waals surface area (Å²) in [6.07, 6.45) is 0.131. The average molecular weight is 250 g/mol. The van der Waals surface area contributed by atoms with Crippen molar-refractivity contribution in [2.24, 2.45) is 5.73 Å². The number of esters is 1. The smallest absolute Gasteiger partial charge is 0.397 e. The van der Waals surface area contributed by atoms with Crippen LogP contribution in [0, 0.1) is 0 Å². The number of amides is 2. The van der Waals surface area contributed by atoms with E-state index in [1.807, 2.05) is 0 Å². The fourth-order valence-corrected chi connectivity index (χ4v) is 1.29. The fourth-order valence-electron chi connectivity index (χ4n) is 1.29. The molecule has 6 nitrogen and oxygen atoms in total. The van der Waals surface area contributed by atoms with Gasteiger partial charge in [-0.05, 0) is 24.6 Å². The largest absolute Gasteiger partial charge is 0.459 e. The summed E-state index contributed by atoms with van der Waals surface area (Å²) in [5, 5.41) is 2.38. The second-order valence-electron chi connectivity index (χ2n) is 3.51. The number of hydrogen-bond donors (Lipinski definition) is 2. The molecule has 18 heavy (non-hydrogen) atoms. The molecule has 0 saturated carbocycles. The number of hydrogen-bond acceptors (Lipinski definition) is 4. The van der Waals surface area contributed by atoms with Crippen LogP contribution in [0.25, 0.3) is 0 Å². The minimum Gasteiger partial charge on any atom is -0.459 e. The molecule has 0 aromatic heterocycles. The van der Waals surface area contributed by atoms with Crippen LogP contribution in [0.1, 0.15) is 12.5 Å². The summed E-state index contributed by atoms with van der Waals surface area (Å²) in [4.78, 5) is 33.1. The maximum Gasteiger partial charge on any atom is 0.397 e. The molecule has 0 aliphatic carbocycles. The van der Waals surface area contributed by atoms with Crippen molar-refractivity contribution >= 4 is 23.5 Å². The number of anilines is 1. The van der Waals surface area contributed by atoms with Gasteiger partial charge in [0.15, 0.2) is 0 Å². The highest BCUT2D eigenvalue weighted by Gasteiger charge is 2.14. The molecule has 0 unspecified atom stereocenters. The number of nitrogens with two attached hydrogens (primary N) is 1. The van der Waals surface area contributed by atoms with Gasteiger partial charge < -0.3 is 15.8 Å². The summed E-state index contributed by atoms with van der Waals surface area (Å²) in [5.74, 6) is -2.20. The van der Waals surface area contributed by atoms with Gasteiger partial charge in [0.1, 0.15) is 0 Å². The van der Waals surface area contributed by atoms with Crippen LogP contribution >= 0.6 is 0 Å². The van der Waals surface area contributed by atoms with Gasteiger partial charge >= 0.3 is 11.9 Å². The second kappa shape index (κ2) is 6.39. The van der Waals surface area contributed by atoms with E-state index in [9.17, 15) is 14.4 Å². The number of benzene rings is 1. The standard InChI is InChI=1S/C12H14N2O4/c1-2-18-12(17)11(16)14-9-5-3-8(4-6-9)7-10(13)15/h3-6H,2,7H2,1H3,(H2,13,15)(H,14,16). The van der Waals surface area contributed by atoms with Gasteiger partial charge in [0.2, 0.25) is 5.91 Å². The van der Waals surface area contributed by atoms with E-state index in [-0.39, 0.29) is 13.0 Å². The Morgan fingerprint density at radius 1 is 1.22 bits per heavy atom. The highest BCUT2D eigenvalue weighted by atomic mass is 16.5. The van der Waals surface area contributed by atoms with E-state index in [0.29, 0.717) is 5.69 Å². The minimum absolute atomic E-state index is 0.131. The zero-order chi connectivity index (χ0) is 13.5. The number of ether oxygens (including phenoxy) is 1. The highest BCUT2D eigenvalue weighted by molar-refractivity contribution is 6.37. The third-order valence-corrected chi connectivity index (χ3v) is 2.05. The number of rotatable bonds is 4. The Morgan fingerprint density at radius 3 is 2.33 bits per heavy atom. The van der Waals surface area contributed by atoms with Gasteiger partial charge in [-0.25, -0.2) is 4.79 Å². The molecule has 0 aliphatic heterocycles. The van der Waals surface area contributed by atoms with Gasteiger partial charge in [0.05, 0.1) is 13.0 Å². The Morgan fingerprint density at radius 2 is 1.83 bits per heavy atom. The van der Waals surface area contributed by atoms with E-state index >= 15 is 0 Å². The molecule has 0 heterocycles. The highest BCUT2D eigenvalue weighted by Crippen LogP contribution is 2.10. The molecular weight excluding hydrogens is 236 g/mol. The SMILES string of the molecule is CCOC(=O)C(=O)Nc1ccc(CC(N)=O)cc1. The molecule has 0 spiro atoms. The van der Waals surface area contributed by atoms with E-state index in [1.165, 1.54) is 0 Å². The summed E-state index contributed by atoms with van der Waals surface area (Å²) in [6, 6.07) is 6.45. The van der Waals surface area contributed by atoms with Gasteiger partial charge in [-0.3, -0.25) is 9.59 Å². The van der Waals surface area contributed by atoms with Gasteiger partial charge in [-0.15, -0.1) is 0 Å². The normalized spacial score (nSPS) is 9.61. The Kier molecular flexibility index (Phi) is 4.86. The van der Waals surface area contributed by atoms with Gasteiger partial charge in [0, 0.05) is 5.69 Å². The van der Waals surface area contributed by atoms with E-state index in [4.69, 9.17) is 5.73 Å². The van der Waals surface area contributed by atoms with E-state index in [0.717, 1.165) is 5.56 Å². The van der Waals surface area contributed by atoms with Gasteiger partial charge in [-0.2, -0.15) is 0 Å². The van der Waals surface area contributed by atoms with Crippen molar-refractivity contribution in [1.82, 2.24) is 0 Å². The zero-order valence-electron chi connectivity index (χ0n) is 9.93. The molecule has 96 valence electrons. The number of carbonyl (C=O) groups excluding carboxylic acids is 3. The third-order valence-electron chi connectivity index (χ3n) is 2.05. The second-order valence-corrected chi connectivity index (χ2v) is 3.51. The molecule has 6 heteroatoms. The van der Waals surface area contributed by atoms with Crippen molar-refractivity contribution < 1.29 is 19.1 Å². The lowest BCUT2D eigenvalue weighted by molar-refractivity contribution is -0.152. The summed E-state index contributed by atoms with van der Waals surface area (Å²) in [6.45, 7) is 1.76. The van der Waals surface area contributed by atoms with Gasteiger partial charge in [0.25, 0.3) is 0 Å². The molecule has 0 radical (unpaired) electrons. The molecular formula is C12H14N2O4. The van der Waals surface area contributed by atoms with Crippen molar-refractivity contribution in [1.29, 1.82) is 0 Å². The van der Waals surface area contributed by atoms with E-state index < -0.39 is 17.8 Å². The lowest BCUT2D eigenvalue weighted by atomic mass is 10.1. The minimum atomic E-state index is -0.932. The lowest BCUT2D eigenvalue weighted by Gasteiger charge is -2.05. The molecule has 0 aliphatic rings. The Bertz CT molecular complexity index is 454. The van der Waals surface area contributed by atoms with Crippen molar-refractivity contribution in [3.63, 3.8) is 0 Å². The van der Waals surface area contributed by atoms with Crippen molar-refractivity contribution in [3.05, 3.63) is 29.8 Å². The molecule has 0 fully saturated rings. The first-order valence-electron chi connectivity index (χ1n) is 5.38. The Balaban J connectivity index is 2.61. The first-order valence-corrected chi connectivity index (χ1v) is 5.38. The van der Waals surface area contributed by atoms with Crippen LogP contribution in [0.15, 0.2) is 24.3 Å². The number of primary amides is 1. The topological polar surface area (TPSA) is 98.5 Å². The molecule has 2 amide bonds. The van der Waals surface area contributed by atoms with Crippen LogP contribution in [0.2, 0.25) is 0 Å². The predicted molar refractivity (Wildman–Crippen MR) is 64.6 cm³/mol. The fraction of sp³-hybridized carbons (Fsp3) is 0.250. The lowest BCUT2D eigenvalue weighted by Crippen LogP contribution is -2.24. The number of nitrogens with one attached hydrogen (secondary N) is 1. The van der Waals surface area contributed by atoms with E-state index in [2.05, 4.69) is 10.1 Å². The maximum atomic E-state index is 11.3. The molecule has 1 aromatic rings. The van der Waals surface area contributed by atoms with Gasteiger partial charge in [-0.1, -0.05) is 12.1 Å². The summed E-state index contributed by atoms with van der Waals surface area (Å²) < 4.78 is 4.54. The first-order chi connectivity index (χ1) is 8.52. The van der Waals surface area contributed by atoms with E-state index in [1.54, 1.807) is 31.2 Å². The van der Waals surface area contributed by atoms with Crippen LogP contribution in [0.4, 0.5) is 5.69 Å². The van der Waals surface area contributed by atoms with Crippen LogP contribution in [0.5, 0.6) is 0 Å². The maximum absolute atomic E-state index is 11.3. The summed E-state index contributed by atoms with van der Waals surface area (Å²) in [7, 11) is 0. The monoisotopic (exact) mass is 250 g/mol. The Labute approximate surface area is 104 Å². The first kappa shape index (κ1) is 13.7. The van der Waals surface area contributed by atoms with Crippen LogP contribution in [-0.2, 0) is 25.5 Å². The quantitative estimate of drug-likeness (QED) is 0.589. The van der Waals surface area contributed by atoms with Crippen LogP contribution in [-0.4, -0.2) is 24.4 Å². The Hall–Kier alpha value is -2.37. The van der Waals surface area contributed by atoms with Crippen LogP contribution < -0.4 is 11.1 Å².